The smallest absolute Gasteiger partial charge is 0.163 e. The number of benzene rings is 1. The van der Waals surface area contributed by atoms with Crippen LogP contribution >= 0.6 is 0 Å². The number of para-hydroxylation sites is 2. The number of aliphatic hydroxyl groups is 1. The Labute approximate surface area is 144 Å². The number of nitrogens with one attached hydrogen (secondary N) is 1. The maximum atomic E-state index is 9.08. The van der Waals surface area contributed by atoms with Gasteiger partial charge in [-0.2, -0.15) is 5.10 Å². The van der Waals surface area contributed by atoms with E-state index in [1.807, 2.05) is 24.5 Å². The second-order valence-corrected chi connectivity index (χ2v) is 5.76. The molecule has 3 aromatic heterocycles. The number of aryl methyl sites for hydroxylation is 1. The Morgan fingerprint density at radius 2 is 2.00 bits per heavy atom. The van der Waals surface area contributed by atoms with Crippen LogP contribution in [0.5, 0.6) is 0 Å². The molecule has 0 bridgehead atoms. The van der Waals surface area contributed by atoms with Gasteiger partial charge in [0.1, 0.15) is 12.1 Å². The number of nitrogens with zero attached hydrogens (tertiary/aromatic N) is 6. The van der Waals surface area contributed by atoms with Crippen LogP contribution in [0.4, 0.5) is 5.82 Å². The van der Waals surface area contributed by atoms with E-state index in [0.29, 0.717) is 6.54 Å². The highest BCUT2D eigenvalue weighted by Crippen LogP contribution is 2.18. The number of anilines is 1. The van der Waals surface area contributed by atoms with Crippen LogP contribution in [-0.4, -0.2) is 47.6 Å². The minimum absolute atomic E-state index is 0.0302. The van der Waals surface area contributed by atoms with Gasteiger partial charge >= 0.3 is 0 Å². The lowest BCUT2D eigenvalue weighted by Gasteiger charge is -2.08. The molecule has 0 aliphatic heterocycles. The molecule has 3 heterocycles. The monoisotopic (exact) mass is 337 g/mol. The van der Waals surface area contributed by atoms with Crippen molar-refractivity contribution < 1.29 is 5.11 Å². The molecule has 128 valence electrons. The third kappa shape index (κ3) is 3.03. The molecule has 0 aliphatic rings. The summed E-state index contributed by atoms with van der Waals surface area (Å²) < 4.78 is 3.84. The van der Waals surface area contributed by atoms with Gasteiger partial charge < -0.3 is 15.0 Å². The average Bonchev–Trinajstić information content (AvgIpc) is 3.24. The van der Waals surface area contributed by atoms with Crippen LogP contribution in [0.2, 0.25) is 0 Å². The molecule has 4 rings (SSSR count). The Hall–Kier alpha value is -3.00. The van der Waals surface area contributed by atoms with Crippen molar-refractivity contribution in [3.05, 3.63) is 43.1 Å². The number of aromatic nitrogens is 6. The molecule has 0 aliphatic carbocycles. The molecule has 0 unspecified atom stereocenters. The summed E-state index contributed by atoms with van der Waals surface area (Å²) >= 11 is 0. The number of fused-ring (bicyclic) bond motifs is 2. The van der Waals surface area contributed by atoms with Crippen molar-refractivity contribution in [1.82, 2.24) is 29.3 Å². The summed E-state index contributed by atoms with van der Waals surface area (Å²) in [5.74, 6) is 0.768. The molecule has 1 aromatic carbocycles. The molecule has 0 amide bonds. The quantitative estimate of drug-likeness (QED) is 0.498. The Morgan fingerprint density at radius 1 is 1.08 bits per heavy atom. The van der Waals surface area contributed by atoms with Crippen molar-refractivity contribution in [2.75, 3.05) is 18.5 Å². The van der Waals surface area contributed by atoms with Gasteiger partial charge in [0.15, 0.2) is 5.65 Å². The molecule has 4 aromatic rings. The summed E-state index contributed by atoms with van der Waals surface area (Å²) in [7, 11) is 0. The first-order chi connectivity index (χ1) is 12.4. The van der Waals surface area contributed by atoms with Crippen molar-refractivity contribution in [2.45, 2.75) is 19.5 Å². The molecule has 0 radical (unpaired) electrons. The number of aliphatic hydroxyl groups excluding tert-OH is 1. The maximum absolute atomic E-state index is 9.08. The van der Waals surface area contributed by atoms with Crippen LogP contribution in [0.3, 0.4) is 0 Å². The molecule has 0 saturated heterocycles. The topological polar surface area (TPSA) is 93.7 Å². The van der Waals surface area contributed by atoms with E-state index in [1.54, 1.807) is 10.9 Å². The Kier molecular flexibility index (Phi) is 4.26. The Morgan fingerprint density at radius 3 is 2.92 bits per heavy atom. The molecule has 8 nitrogen and oxygen atoms in total. The average molecular weight is 337 g/mol. The molecule has 0 atom stereocenters. The lowest BCUT2D eigenvalue weighted by atomic mass is 10.3. The number of hydrogen-bond donors (Lipinski definition) is 2. The molecule has 8 heteroatoms. The Balaban J connectivity index is 1.41. The first kappa shape index (κ1) is 15.5. The summed E-state index contributed by atoms with van der Waals surface area (Å²) in [6, 6.07) is 8.13. The van der Waals surface area contributed by atoms with Gasteiger partial charge in [0.2, 0.25) is 0 Å². The number of hydrogen-bond acceptors (Lipinski definition) is 6. The summed E-state index contributed by atoms with van der Waals surface area (Å²) in [5.41, 5.74) is 2.90. The summed E-state index contributed by atoms with van der Waals surface area (Å²) in [4.78, 5) is 13.0. The lowest BCUT2D eigenvalue weighted by molar-refractivity contribution is 0.271. The van der Waals surface area contributed by atoms with Gasteiger partial charge in [0, 0.05) is 13.1 Å². The van der Waals surface area contributed by atoms with E-state index in [9.17, 15) is 0 Å². The zero-order valence-corrected chi connectivity index (χ0v) is 13.7. The minimum atomic E-state index is 0.0302. The van der Waals surface area contributed by atoms with Crippen molar-refractivity contribution in [3.63, 3.8) is 0 Å². The first-order valence-electron chi connectivity index (χ1n) is 8.28. The fourth-order valence-electron chi connectivity index (χ4n) is 2.94. The highest BCUT2D eigenvalue weighted by Gasteiger charge is 2.09. The van der Waals surface area contributed by atoms with Crippen LogP contribution in [0.25, 0.3) is 22.1 Å². The summed E-state index contributed by atoms with van der Waals surface area (Å²) in [5, 5.41) is 17.5. The minimum Gasteiger partial charge on any atom is -0.394 e. The van der Waals surface area contributed by atoms with Crippen LogP contribution in [0, 0.1) is 0 Å². The van der Waals surface area contributed by atoms with E-state index < -0.39 is 0 Å². The molecule has 0 saturated carbocycles. The van der Waals surface area contributed by atoms with Gasteiger partial charge in [-0.1, -0.05) is 12.1 Å². The molecule has 25 heavy (non-hydrogen) atoms. The molecule has 2 N–H and O–H groups in total. The van der Waals surface area contributed by atoms with Gasteiger partial charge in [-0.05, 0) is 18.6 Å². The maximum Gasteiger partial charge on any atom is 0.163 e. The van der Waals surface area contributed by atoms with Gasteiger partial charge in [0.05, 0.1) is 42.1 Å². The van der Waals surface area contributed by atoms with Gasteiger partial charge in [-0.25, -0.2) is 19.6 Å². The van der Waals surface area contributed by atoms with Gasteiger partial charge in [-0.3, -0.25) is 0 Å². The van der Waals surface area contributed by atoms with E-state index in [0.717, 1.165) is 47.4 Å². The van der Waals surface area contributed by atoms with Crippen molar-refractivity contribution in [1.29, 1.82) is 0 Å². The largest absolute Gasteiger partial charge is 0.394 e. The standard InChI is InChI=1S/C17H19N7O/c25-9-8-24-17-13(10-22-24)16(19-11-20-17)18-6-3-7-23-12-21-14-4-1-2-5-15(14)23/h1-2,4-5,10-12,25H,3,6-9H2,(H,18,19,20). The second-order valence-electron chi connectivity index (χ2n) is 5.76. The third-order valence-corrected chi connectivity index (χ3v) is 4.14. The third-order valence-electron chi connectivity index (χ3n) is 4.14. The van der Waals surface area contributed by atoms with Gasteiger partial charge in [-0.15, -0.1) is 0 Å². The number of rotatable bonds is 7. The first-order valence-corrected chi connectivity index (χ1v) is 8.28. The van der Waals surface area contributed by atoms with Crippen molar-refractivity contribution >= 4 is 27.9 Å². The van der Waals surface area contributed by atoms with Crippen molar-refractivity contribution in [3.8, 4) is 0 Å². The van der Waals surface area contributed by atoms with Crippen molar-refractivity contribution in [2.24, 2.45) is 0 Å². The van der Waals surface area contributed by atoms with Crippen LogP contribution in [-0.2, 0) is 13.1 Å². The van der Waals surface area contributed by atoms with Crippen LogP contribution in [0.15, 0.2) is 43.1 Å². The predicted octanol–water partition coefficient (Wildman–Crippen LogP) is 1.67. The molecular weight excluding hydrogens is 318 g/mol. The lowest BCUT2D eigenvalue weighted by Crippen LogP contribution is -2.08. The summed E-state index contributed by atoms with van der Waals surface area (Å²) in [6.07, 6.45) is 6.07. The summed E-state index contributed by atoms with van der Waals surface area (Å²) in [6.45, 7) is 2.12. The SMILES string of the molecule is OCCn1ncc2c(NCCCn3cnc4ccccc43)ncnc21. The van der Waals surface area contributed by atoms with E-state index in [2.05, 4.69) is 36.0 Å². The normalized spacial score (nSPS) is 11.4. The highest BCUT2D eigenvalue weighted by molar-refractivity contribution is 5.86. The van der Waals surface area contributed by atoms with Crippen LogP contribution < -0.4 is 5.32 Å². The fraction of sp³-hybridized carbons (Fsp3) is 0.294. The highest BCUT2D eigenvalue weighted by atomic mass is 16.3. The van der Waals surface area contributed by atoms with Crippen LogP contribution in [0.1, 0.15) is 6.42 Å². The molecular formula is C17H19N7O. The predicted molar refractivity (Wildman–Crippen MR) is 95.2 cm³/mol. The van der Waals surface area contributed by atoms with E-state index in [1.165, 1.54) is 6.33 Å². The van der Waals surface area contributed by atoms with Gasteiger partial charge in [0.25, 0.3) is 0 Å². The molecule has 0 fully saturated rings. The number of imidazole rings is 1. The Bertz CT molecular complexity index is 991. The van der Waals surface area contributed by atoms with E-state index >= 15 is 0 Å². The molecule has 0 spiro atoms. The zero-order chi connectivity index (χ0) is 17.1. The fourth-order valence-corrected chi connectivity index (χ4v) is 2.94. The van der Waals surface area contributed by atoms with E-state index in [4.69, 9.17) is 5.11 Å². The zero-order valence-electron chi connectivity index (χ0n) is 13.7. The second kappa shape index (κ2) is 6.86. The van der Waals surface area contributed by atoms with E-state index in [-0.39, 0.29) is 6.61 Å².